The fraction of sp³-hybridized carbons (Fsp3) is 0.250. The van der Waals surface area contributed by atoms with Crippen LogP contribution in [0.3, 0.4) is 0 Å². The van der Waals surface area contributed by atoms with Crippen molar-refractivity contribution < 1.29 is 26.0 Å². The van der Waals surface area contributed by atoms with E-state index in [2.05, 4.69) is 14.5 Å². The van der Waals surface area contributed by atoms with Crippen LogP contribution in [0.4, 0.5) is 14.4 Å². The molecule has 0 unspecified atom stereocenters. The van der Waals surface area contributed by atoms with Gasteiger partial charge in [0.1, 0.15) is 5.75 Å². The second-order valence-corrected chi connectivity index (χ2v) is 6.12. The molecule has 0 aliphatic heterocycles. The molecule has 8 nitrogen and oxygen atoms in total. The van der Waals surface area contributed by atoms with Gasteiger partial charge >= 0.3 is 16.5 Å². The highest BCUT2D eigenvalue weighted by molar-refractivity contribution is 7.81. The Balaban J connectivity index is 2.03. The summed E-state index contributed by atoms with van der Waals surface area (Å²) in [5.41, 5.74) is 1.11. The topological polar surface area (TPSA) is 97.8 Å². The van der Waals surface area contributed by atoms with E-state index in [1.807, 2.05) is 6.07 Å². The molecular weight excluding hydrogens is 365 g/mol. The van der Waals surface area contributed by atoms with Gasteiger partial charge in [0, 0.05) is 25.5 Å². The van der Waals surface area contributed by atoms with Crippen molar-refractivity contribution >= 4 is 22.2 Å². The zero-order valence-electron chi connectivity index (χ0n) is 14.0. The standard InChI is InChI=1S/C16H18FN3O5S/c1-24-11-10-20(12-14-4-2-3-9-18-14)16(21)19-13-5-7-15(8-6-13)25-26(17,22)23/h2-9H,10-12H2,1H3,(H,19,21). The second-order valence-electron chi connectivity index (χ2n) is 5.17. The molecule has 26 heavy (non-hydrogen) atoms. The van der Waals surface area contributed by atoms with E-state index < -0.39 is 10.5 Å². The molecule has 10 heteroatoms. The van der Waals surface area contributed by atoms with Gasteiger partial charge in [-0.05, 0) is 36.4 Å². The number of urea groups is 1. The van der Waals surface area contributed by atoms with Crippen molar-refractivity contribution in [2.75, 3.05) is 25.6 Å². The predicted molar refractivity (Wildman–Crippen MR) is 92.6 cm³/mol. The van der Waals surface area contributed by atoms with Crippen LogP contribution in [0.1, 0.15) is 5.69 Å². The first-order valence-corrected chi connectivity index (χ1v) is 8.87. The number of rotatable bonds is 8. The van der Waals surface area contributed by atoms with Gasteiger partial charge in [-0.15, -0.1) is 0 Å². The maximum atomic E-state index is 12.5. The molecule has 2 amide bonds. The molecule has 0 saturated carbocycles. The Kier molecular flexibility index (Phi) is 6.87. The normalized spacial score (nSPS) is 11.0. The minimum absolute atomic E-state index is 0.199. The van der Waals surface area contributed by atoms with Crippen molar-refractivity contribution in [2.24, 2.45) is 0 Å². The summed E-state index contributed by atoms with van der Waals surface area (Å²) in [4.78, 5) is 18.2. The number of nitrogens with zero attached hydrogens (tertiary/aromatic N) is 2. The lowest BCUT2D eigenvalue weighted by molar-refractivity contribution is 0.152. The van der Waals surface area contributed by atoms with Gasteiger partial charge in [-0.2, -0.15) is 8.42 Å². The van der Waals surface area contributed by atoms with Crippen LogP contribution in [0.15, 0.2) is 48.7 Å². The van der Waals surface area contributed by atoms with E-state index in [9.17, 15) is 17.1 Å². The van der Waals surface area contributed by atoms with Crippen molar-refractivity contribution in [2.45, 2.75) is 6.54 Å². The van der Waals surface area contributed by atoms with Crippen LogP contribution in [0, 0.1) is 0 Å². The smallest absolute Gasteiger partial charge is 0.383 e. The van der Waals surface area contributed by atoms with E-state index in [0.29, 0.717) is 18.8 Å². The van der Waals surface area contributed by atoms with Crippen molar-refractivity contribution in [3.8, 4) is 5.75 Å². The Morgan fingerprint density at radius 3 is 2.54 bits per heavy atom. The van der Waals surface area contributed by atoms with Crippen LogP contribution in [0.5, 0.6) is 5.75 Å². The summed E-state index contributed by atoms with van der Waals surface area (Å²) < 4.78 is 42.5. The summed E-state index contributed by atoms with van der Waals surface area (Å²) >= 11 is 0. The Bertz CT molecular complexity index is 816. The van der Waals surface area contributed by atoms with E-state index in [1.54, 1.807) is 18.3 Å². The Morgan fingerprint density at radius 1 is 1.23 bits per heavy atom. The minimum Gasteiger partial charge on any atom is -0.383 e. The number of hydrogen-bond acceptors (Lipinski definition) is 6. The van der Waals surface area contributed by atoms with Crippen molar-refractivity contribution in [3.63, 3.8) is 0 Å². The van der Waals surface area contributed by atoms with Gasteiger partial charge in [-0.25, -0.2) is 4.79 Å². The number of nitrogens with one attached hydrogen (secondary N) is 1. The Morgan fingerprint density at radius 2 is 1.96 bits per heavy atom. The van der Waals surface area contributed by atoms with E-state index in [0.717, 1.165) is 5.69 Å². The molecule has 0 spiro atoms. The molecule has 1 N–H and O–H groups in total. The molecule has 0 bridgehead atoms. The molecule has 1 aromatic heterocycles. The number of benzene rings is 1. The summed E-state index contributed by atoms with van der Waals surface area (Å²) in [5.74, 6) is -0.199. The average molecular weight is 383 g/mol. The fourth-order valence-corrected chi connectivity index (χ4v) is 2.39. The number of hydrogen-bond donors (Lipinski definition) is 1. The molecule has 2 rings (SSSR count). The number of carbonyl (C=O) groups excluding carboxylic acids is 1. The number of amides is 2. The summed E-state index contributed by atoms with van der Waals surface area (Å²) in [6, 6.07) is 10.3. The van der Waals surface area contributed by atoms with Crippen molar-refractivity contribution in [1.82, 2.24) is 9.88 Å². The molecule has 1 heterocycles. The van der Waals surface area contributed by atoms with Gasteiger partial charge in [-0.1, -0.05) is 9.95 Å². The van der Waals surface area contributed by atoms with Crippen LogP contribution in [-0.4, -0.2) is 44.6 Å². The van der Waals surface area contributed by atoms with E-state index in [-0.39, 0.29) is 18.3 Å². The fourth-order valence-electron chi connectivity index (χ4n) is 2.05. The largest absolute Gasteiger partial charge is 0.488 e. The molecule has 140 valence electrons. The zero-order chi connectivity index (χ0) is 19.0. The van der Waals surface area contributed by atoms with Gasteiger partial charge in [0.25, 0.3) is 0 Å². The van der Waals surface area contributed by atoms with Crippen molar-refractivity contribution in [1.29, 1.82) is 0 Å². The lowest BCUT2D eigenvalue weighted by Crippen LogP contribution is -2.37. The van der Waals surface area contributed by atoms with Gasteiger partial charge < -0.3 is 19.1 Å². The highest BCUT2D eigenvalue weighted by Crippen LogP contribution is 2.18. The van der Waals surface area contributed by atoms with Gasteiger partial charge in [-0.3, -0.25) is 4.98 Å². The Hall–Kier alpha value is -2.72. The number of pyridine rings is 1. The van der Waals surface area contributed by atoms with E-state index in [1.165, 1.54) is 36.3 Å². The number of halogens is 1. The number of ether oxygens (including phenoxy) is 1. The number of anilines is 1. The molecular formula is C16H18FN3O5S. The molecule has 0 saturated heterocycles. The minimum atomic E-state index is -5.09. The molecule has 0 radical (unpaired) electrons. The summed E-state index contributed by atoms with van der Waals surface area (Å²) in [6.07, 6.45) is 1.64. The maximum absolute atomic E-state index is 12.5. The molecule has 1 aromatic carbocycles. The Labute approximate surface area is 151 Å². The van der Waals surface area contributed by atoms with Crippen LogP contribution < -0.4 is 9.50 Å². The number of aromatic nitrogens is 1. The van der Waals surface area contributed by atoms with Gasteiger partial charge in [0.2, 0.25) is 0 Å². The van der Waals surface area contributed by atoms with Crippen LogP contribution in [-0.2, 0) is 21.8 Å². The first-order valence-electron chi connectivity index (χ1n) is 7.56. The molecule has 0 aliphatic rings. The molecule has 0 atom stereocenters. The highest BCUT2D eigenvalue weighted by atomic mass is 32.3. The SMILES string of the molecule is COCCN(Cc1ccccn1)C(=O)Nc1ccc(OS(=O)(=O)F)cc1. The zero-order valence-corrected chi connectivity index (χ0v) is 14.8. The van der Waals surface area contributed by atoms with E-state index >= 15 is 0 Å². The lowest BCUT2D eigenvalue weighted by atomic mass is 10.3. The average Bonchev–Trinajstić information content (AvgIpc) is 2.60. The second kappa shape index (κ2) is 9.11. The maximum Gasteiger partial charge on any atom is 0.488 e. The summed E-state index contributed by atoms with van der Waals surface area (Å²) in [5, 5.41) is 2.67. The highest BCUT2D eigenvalue weighted by Gasteiger charge is 2.15. The summed E-state index contributed by atoms with van der Waals surface area (Å²) in [7, 11) is -3.55. The molecule has 0 fully saturated rings. The third kappa shape index (κ3) is 6.65. The first kappa shape index (κ1) is 19.6. The van der Waals surface area contributed by atoms with Crippen LogP contribution in [0.25, 0.3) is 0 Å². The van der Waals surface area contributed by atoms with Crippen LogP contribution in [0.2, 0.25) is 0 Å². The van der Waals surface area contributed by atoms with Gasteiger partial charge in [0.15, 0.2) is 0 Å². The molecule has 2 aromatic rings. The molecule has 0 aliphatic carbocycles. The monoisotopic (exact) mass is 383 g/mol. The quantitative estimate of drug-likeness (QED) is 0.703. The predicted octanol–water partition coefficient (Wildman–Crippen LogP) is 2.36. The first-order chi connectivity index (χ1) is 12.4. The number of carbonyl (C=O) groups is 1. The van der Waals surface area contributed by atoms with Gasteiger partial charge in [0.05, 0.1) is 18.8 Å². The third-order valence-electron chi connectivity index (χ3n) is 3.23. The summed E-state index contributed by atoms with van der Waals surface area (Å²) in [6.45, 7) is 0.985. The van der Waals surface area contributed by atoms with E-state index in [4.69, 9.17) is 4.74 Å². The van der Waals surface area contributed by atoms with Crippen LogP contribution >= 0.6 is 0 Å². The number of methoxy groups -OCH3 is 1. The third-order valence-corrected chi connectivity index (χ3v) is 3.62. The lowest BCUT2D eigenvalue weighted by Gasteiger charge is -2.22. The van der Waals surface area contributed by atoms with Crippen molar-refractivity contribution in [3.05, 3.63) is 54.4 Å².